The molecular formula is C14H9FN2O2S. The molecule has 2 aromatic carbocycles. The van der Waals surface area contributed by atoms with E-state index in [2.05, 4.69) is 10.3 Å². The minimum atomic E-state index is -0.389. The van der Waals surface area contributed by atoms with Crippen molar-refractivity contribution in [2.24, 2.45) is 0 Å². The first-order valence-electron chi connectivity index (χ1n) is 5.81. The summed E-state index contributed by atoms with van der Waals surface area (Å²) < 4.78 is 13.6. The highest BCUT2D eigenvalue weighted by atomic mass is 32.1. The van der Waals surface area contributed by atoms with Crippen LogP contribution in [0, 0.1) is 5.82 Å². The molecule has 0 saturated heterocycles. The van der Waals surface area contributed by atoms with E-state index in [4.69, 9.17) is 0 Å². The fraction of sp³-hybridized carbons (Fsp3) is 0. The lowest BCUT2D eigenvalue weighted by Crippen LogP contribution is -2.11. The van der Waals surface area contributed by atoms with Crippen molar-refractivity contribution < 1.29 is 9.18 Å². The number of amides is 1. The molecule has 6 heteroatoms. The second-order valence-electron chi connectivity index (χ2n) is 4.19. The van der Waals surface area contributed by atoms with Gasteiger partial charge in [-0.15, -0.1) is 0 Å². The normalized spacial score (nSPS) is 10.7. The number of rotatable bonds is 2. The minimum Gasteiger partial charge on any atom is -0.322 e. The van der Waals surface area contributed by atoms with Crippen molar-refractivity contribution in [2.75, 3.05) is 5.32 Å². The molecule has 0 aliphatic rings. The van der Waals surface area contributed by atoms with Crippen LogP contribution in [0.2, 0.25) is 0 Å². The number of hydrogen-bond donors (Lipinski definition) is 2. The summed E-state index contributed by atoms with van der Waals surface area (Å²) in [6, 6.07) is 10.4. The summed E-state index contributed by atoms with van der Waals surface area (Å²) in [6.07, 6.45) is 0. The Morgan fingerprint density at radius 3 is 2.65 bits per heavy atom. The molecular weight excluding hydrogens is 279 g/mol. The number of aromatic nitrogens is 1. The monoisotopic (exact) mass is 288 g/mol. The van der Waals surface area contributed by atoms with E-state index in [1.807, 2.05) is 0 Å². The van der Waals surface area contributed by atoms with Gasteiger partial charge in [0.1, 0.15) is 5.82 Å². The molecule has 4 nitrogen and oxygen atoms in total. The van der Waals surface area contributed by atoms with Crippen LogP contribution in [-0.4, -0.2) is 10.9 Å². The molecule has 1 heterocycles. The zero-order chi connectivity index (χ0) is 14.1. The smallest absolute Gasteiger partial charge is 0.305 e. The SMILES string of the molecule is O=C(Nc1ccc2[nH]c(=O)sc2c1)c1ccc(F)cc1. The molecule has 0 unspecified atom stereocenters. The van der Waals surface area contributed by atoms with Gasteiger partial charge >= 0.3 is 4.87 Å². The van der Waals surface area contributed by atoms with Gasteiger partial charge in [-0.1, -0.05) is 11.3 Å². The second-order valence-corrected chi connectivity index (χ2v) is 5.20. The molecule has 0 atom stereocenters. The van der Waals surface area contributed by atoms with E-state index in [0.29, 0.717) is 11.3 Å². The van der Waals surface area contributed by atoms with Gasteiger partial charge in [-0.2, -0.15) is 0 Å². The number of halogens is 1. The van der Waals surface area contributed by atoms with Gasteiger partial charge in [0.15, 0.2) is 0 Å². The first-order valence-corrected chi connectivity index (χ1v) is 6.63. The van der Waals surface area contributed by atoms with E-state index >= 15 is 0 Å². The van der Waals surface area contributed by atoms with Crippen LogP contribution in [-0.2, 0) is 0 Å². The number of fused-ring (bicyclic) bond motifs is 1. The van der Waals surface area contributed by atoms with Crippen LogP contribution in [0.1, 0.15) is 10.4 Å². The number of nitrogens with one attached hydrogen (secondary N) is 2. The topological polar surface area (TPSA) is 62.0 Å². The molecule has 0 fully saturated rings. The van der Waals surface area contributed by atoms with Crippen molar-refractivity contribution in [3.63, 3.8) is 0 Å². The number of anilines is 1. The molecule has 20 heavy (non-hydrogen) atoms. The molecule has 3 aromatic rings. The summed E-state index contributed by atoms with van der Waals surface area (Å²) in [5.74, 6) is -0.715. The van der Waals surface area contributed by atoms with E-state index in [9.17, 15) is 14.0 Å². The van der Waals surface area contributed by atoms with Gasteiger partial charge in [-0.25, -0.2) is 4.39 Å². The Balaban J connectivity index is 1.86. The predicted molar refractivity (Wildman–Crippen MR) is 76.8 cm³/mol. The second kappa shape index (κ2) is 4.90. The summed E-state index contributed by atoms with van der Waals surface area (Å²) >= 11 is 1.08. The van der Waals surface area contributed by atoms with E-state index in [1.165, 1.54) is 24.3 Å². The Kier molecular flexibility index (Phi) is 3.08. The highest BCUT2D eigenvalue weighted by Crippen LogP contribution is 2.20. The lowest BCUT2D eigenvalue weighted by molar-refractivity contribution is 0.102. The molecule has 0 spiro atoms. The maximum absolute atomic E-state index is 12.8. The molecule has 0 radical (unpaired) electrons. The molecule has 2 N–H and O–H groups in total. The number of aromatic amines is 1. The third-order valence-corrected chi connectivity index (χ3v) is 3.63. The number of H-pyrrole nitrogens is 1. The highest BCUT2D eigenvalue weighted by molar-refractivity contribution is 7.16. The Bertz CT molecular complexity index is 836. The molecule has 0 aliphatic heterocycles. The Labute approximate surface area is 116 Å². The zero-order valence-electron chi connectivity index (χ0n) is 10.1. The maximum Gasteiger partial charge on any atom is 0.305 e. The third kappa shape index (κ3) is 2.46. The van der Waals surface area contributed by atoms with Crippen LogP contribution >= 0.6 is 11.3 Å². The van der Waals surface area contributed by atoms with Gasteiger partial charge < -0.3 is 10.3 Å². The largest absolute Gasteiger partial charge is 0.322 e. The van der Waals surface area contributed by atoms with Gasteiger partial charge in [0.2, 0.25) is 0 Å². The summed E-state index contributed by atoms with van der Waals surface area (Å²) in [5.41, 5.74) is 1.69. The number of thiazole rings is 1. The lowest BCUT2D eigenvalue weighted by Gasteiger charge is -2.05. The number of carbonyl (C=O) groups excluding carboxylic acids is 1. The first-order chi connectivity index (χ1) is 9.61. The van der Waals surface area contributed by atoms with Crippen LogP contribution in [0.4, 0.5) is 10.1 Å². The molecule has 0 saturated carbocycles. The van der Waals surface area contributed by atoms with E-state index in [-0.39, 0.29) is 16.6 Å². The molecule has 3 rings (SSSR count). The Morgan fingerprint density at radius 2 is 1.90 bits per heavy atom. The highest BCUT2D eigenvalue weighted by Gasteiger charge is 2.07. The molecule has 1 amide bonds. The predicted octanol–water partition coefficient (Wildman–Crippen LogP) is 2.98. The molecule has 0 bridgehead atoms. The maximum atomic E-state index is 12.8. The molecule has 100 valence electrons. The minimum absolute atomic E-state index is 0.137. The fourth-order valence-corrected chi connectivity index (χ4v) is 2.60. The Morgan fingerprint density at radius 1 is 1.15 bits per heavy atom. The van der Waals surface area contributed by atoms with Crippen molar-refractivity contribution in [1.82, 2.24) is 4.98 Å². The van der Waals surface area contributed by atoms with Crippen LogP contribution in [0.15, 0.2) is 47.3 Å². The summed E-state index contributed by atoms with van der Waals surface area (Å²) in [6.45, 7) is 0. The van der Waals surface area contributed by atoms with E-state index in [0.717, 1.165) is 21.6 Å². The van der Waals surface area contributed by atoms with E-state index < -0.39 is 0 Å². The van der Waals surface area contributed by atoms with Gasteiger partial charge in [-0.05, 0) is 42.5 Å². The Hall–Kier alpha value is -2.47. The summed E-state index contributed by atoms with van der Waals surface area (Å²) in [4.78, 5) is 25.7. The number of benzene rings is 2. The van der Waals surface area contributed by atoms with Crippen LogP contribution in [0.3, 0.4) is 0 Å². The van der Waals surface area contributed by atoms with Crippen molar-refractivity contribution in [3.8, 4) is 0 Å². The van der Waals surface area contributed by atoms with Crippen molar-refractivity contribution in [1.29, 1.82) is 0 Å². The van der Waals surface area contributed by atoms with Crippen molar-refractivity contribution in [2.45, 2.75) is 0 Å². The van der Waals surface area contributed by atoms with Gasteiger partial charge in [0, 0.05) is 11.3 Å². The fourth-order valence-electron chi connectivity index (χ4n) is 1.83. The third-order valence-electron chi connectivity index (χ3n) is 2.79. The average molecular weight is 288 g/mol. The lowest BCUT2D eigenvalue weighted by atomic mass is 10.2. The van der Waals surface area contributed by atoms with Crippen LogP contribution in [0.25, 0.3) is 10.2 Å². The zero-order valence-corrected chi connectivity index (χ0v) is 11.0. The number of carbonyl (C=O) groups is 1. The van der Waals surface area contributed by atoms with Gasteiger partial charge in [0.05, 0.1) is 10.2 Å². The average Bonchev–Trinajstić information content (AvgIpc) is 2.78. The summed E-state index contributed by atoms with van der Waals surface area (Å²) in [5, 5.41) is 2.71. The summed E-state index contributed by atoms with van der Waals surface area (Å²) in [7, 11) is 0. The van der Waals surface area contributed by atoms with Crippen molar-refractivity contribution in [3.05, 3.63) is 63.5 Å². The van der Waals surface area contributed by atoms with Crippen molar-refractivity contribution >= 4 is 33.1 Å². The number of hydrogen-bond acceptors (Lipinski definition) is 3. The van der Waals surface area contributed by atoms with Crippen LogP contribution < -0.4 is 10.2 Å². The first kappa shape index (κ1) is 12.6. The molecule has 0 aliphatic carbocycles. The standard InChI is InChI=1S/C14H9FN2O2S/c15-9-3-1-8(2-4-9)13(18)16-10-5-6-11-12(7-10)20-14(19)17-11/h1-7H,(H,16,18)(H,17,19). The quantitative estimate of drug-likeness (QED) is 0.761. The van der Waals surface area contributed by atoms with E-state index in [1.54, 1.807) is 18.2 Å². The van der Waals surface area contributed by atoms with Crippen LogP contribution in [0.5, 0.6) is 0 Å². The van der Waals surface area contributed by atoms with Gasteiger partial charge in [0.25, 0.3) is 5.91 Å². The molecule has 1 aromatic heterocycles. The van der Waals surface area contributed by atoms with Gasteiger partial charge in [-0.3, -0.25) is 9.59 Å².